The summed E-state index contributed by atoms with van der Waals surface area (Å²) >= 11 is 0. The molecule has 0 aliphatic heterocycles. The lowest BCUT2D eigenvalue weighted by atomic mass is 10.0. The quantitative estimate of drug-likeness (QED) is 0.296. The molecule has 0 aliphatic rings. The Balaban J connectivity index is 3.17. The van der Waals surface area contributed by atoms with Crippen molar-refractivity contribution in [1.82, 2.24) is 10.6 Å². The Morgan fingerprint density at radius 2 is 0.962 bits per heavy atom. The SMILES string of the molecule is CCCCCCCCCCCCCCCCCC(=O)NCC(=O)NCC. The molecule has 0 fully saturated rings. The second-order valence-electron chi connectivity index (χ2n) is 7.43. The van der Waals surface area contributed by atoms with Crippen LogP contribution in [-0.4, -0.2) is 24.9 Å². The molecule has 0 aromatic heterocycles. The molecule has 26 heavy (non-hydrogen) atoms. The molecule has 154 valence electrons. The molecule has 2 N–H and O–H groups in total. The Morgan fingerprint density at radius 3 is 1.38 bits per heavy atom. The molecule has 0 unspecified atom stereocenters. The highest BCUT2D eigenvalue weighted by atomic mass is 16.2. The van der Waals surface area contributed by atoms with Crippen molar-refractivity contribution < 1.29 is 9.59 Å². The van der Waals surface area contributed by atoms with E-state index in [0.29, 0.717) is 13.0 Å². The number of nitrogens with one attached hydrogen (secondary N) is 2. The fourth-order valence-electron chi connectivity index (χ4n) is 3.18. The van der Waals surface area contributed by atoms with Gasteiger partial charge in [0.25, 0.3) is 0 Å². The maximum absolute atomic E-state index is 11.6. The predicted octanol–water partition coefficient (Wildman–Crippen LogP) is 5.50. The normalized spacial score (nSPS) is 10.7. The molecular weight excluding hydrogens is 324 g/mol. The highest BCUT2D eigenvalue weighted by molar-refractivity contribution is 5.84. The second kappa shape index (κ2) is 20.3. The fraction of sp³-hybridized carbons (Fsp3) is 0.909. The zero-order valence-electron chi connectivity index (χ0n) is 17.5. The van der Waals surface area contributed by atoms with Crippen molar-refractivity contribution in [3.8, 4) is 0 Å². The number of hydrogen-bond acceptors (Lipinski definition) is 2. The Morgan fingerprint density at radius 1 is 0.538 bits per heavy atom. The van der Waals surface area contributed by atoms with Gasteiger partial charge < -0.3 is 10.6 Å². The third-order valence-corrected chi connectivity index (χ3v) is 4.83. The van der Waals surface area contributed by atoms with E-state index < -0.39 is 0 Å². The first kappa shape index (κ1) is 24.9. The van der Waals surface area contributed by atoms with Crippen LogP contribution in [0.1, 0.15) is 117 Å². The van der Waals surface area contributed by atoms with Crippen LogP contribution in [0.15, 0.2) is 0 Å². The van der Waals surface area contributed by atoms with E-state index in [9.17, 15) is 9.59 Å². The highest BCUT2D eigenvalue weighted by Crippen LogP contribution is 2.13. The van der Waals surface area contributed by atoms with Crippen LogP contribution in [-0.2, 0) is 9.59 Å². The minimum atomic E-state index is -0.114. The van der Waals surface area contributed by atoms with E-state index >= 15 is 0 Å². The molecule has 0 atom stereocenters. The molecule has 2 amide bonds. The molecule has 0 saturated heterocycles. The first-order valence-corrected chi connectivity index (χ1v) is 11.2. The number of hydrogen-bond donors (Lipinski definition) is 2. The maximum Gasteiger partial charge on any atom is 0.239 e. The molecular formula is C22H44N2O2. The number of rotatable bonds is 19. The zero-order chi connectivity index (χ0) is 19.3. The van der Waals surface area contributed by atoms with Gasteiger partial charge in [-0.25, -0.2) is 0 Å². The standard InChI is InChI=1S/C22H44N2O2/c1-3-5-6-7-8-9-10-11-12-13-14-15-16-17-18-19-21(25)24-20-22(26)23-4-2/h3-20H2,1-2H3,(H,23,26)(H,24,25). The van der Waals surface area contributed by atoms with E-state index in [-0.39, 0.29) is 18.4 Å². The van der Waals surface area contributed by atoms with E-state index in [0.717, 1.165) is 12.8 Å². The number of unbranched alkanes of at least 4 members (excludes halogenated alkanes) is 14. The number of carbonyl (C=O) groups excluding carboxylic acids is 2. The Labute approximate surface area is 162 Å². The van der Waals surface area contributed by atoms with Crippen LogP contribution >= 0.6 is 0 Å². The van der Waals surface area contributed by atoms with Gasteiger partial charge in [-0.2, -0.15) is 0 Å². The van der Waals surface area contributed by atoms with Gasteiger partial charge in [-0.05, 0) is 13.3 Å². The van der Waals surface area contributed by atoms with E-state index in [2.05, 4.69) is 17.6 Å². The fourth-order valence-corrected chi connectivity index (χ4v) is 3.18. The van der Waals surface area contributed by atoms with Crippen molar-refractivity contribution >= 4 is 11.8 Å². The maximum atomic E-state index is 11.6. The summed E-state index contributed by atoms with van der Waals surface area (Å²) in [5.41, 5.74) is 0. The number of amides is 2. The summed E-state index contributed by atoms with van der Waals surface area (Å²) in [6, 6.07) is 0. The van der Waals surface area contributed by atoms with Crippen molar-refractivity contribution in [3.05, 3.63) is 0 Å². The summed E-state index contributed by atoms with van der Waals surface area (Å²) in [5.74, 6) is -0.122. The Hall–Kier alpha value is -1.06. The van der Waals surface area contributed by atoms with Gasteiger partial charge in [0.2, 0.25) is 11.8 Å². The van der Waals surface area contributed by atoms with Crippen LogP contribution in [0.4, 0.5) is 0 Å². The van der Waals surface area contributed by atoms with Crippen LogP contribution in [0.5, 0.6) is 0 Å². The van der Waals surface area contributed by atoms with E-state index in [1.807, 2.05) is 6.92 Å². The van der Waals surface area contributed by atoms with Gasteiger partial charge in [-0.1, -0.05) is 96.8 Å². The average molecular weight is 369 g/mol. The summed E-state index contributed by atoms with van der Waals surface area (Å²) in [6.07, 6.45) is 20.4. The van der Waals surface area contributed by atoms with E-state index in [1.54, 1.807) is 0 Å². The third kappa shape index (κ3) is 19.3. The van der Waals surface area contributed by atoms with Crippen molar-refractivity contribution in [1.29, 1.82) is 0 Å². The summed E-state index contributed by atoms with van der Waals surface area (Å²) in [6.45, 7) is 4.85. The molecule has 4 heteroatoms. The first-order valence-electron chi connectivity index (χ1n) is 11.2. The monoisotopic (exact) mass is 368 g/mol. The summed E-state index contributed by atoms with van der Waals surface area (Å²) in [4.78, 5) is 22.8. The molecule has 0 aromatic carbocycles. The van der Waals surface area contributed by atoms with Crippen molar-refractivity contribution in [3.63, 3.8) is 0 Å². The zero-order valence-corrected chi connectivity index (χ0v) is 17.5. The third-order valence-electron chi connectivity index (χ3n) is 4.83. The summed E-state index contributed by atoms with van der Waals surface area (Å²) < 4.78 is 0. The minimum absolute atomic E-state index is 0.00838. The topological polar surface area (TPSA) is 58.2 Å². The van der Waals surface area contributed by atoms with Crippen LogP contribution in [0.3, 0.4) is 0 Å². The van der Waals surface area contributed by atoms with Crippen LogP contribution in [0.2, 0.25) is 0 Å². The van der Waals surface area contributed by atoms with E-state index in [1.165, 1.54) is 83.5 Å². The van der Waals surface area contributed by atoms with Gasteiger partial charge in [0, 0.05) is 13.0 Å². The molecule has 0 spiro atoms. The van der Waals surface area contributed by atoms with Gasteiger partial charge in [0.05, 0.1) is 6.54 Å². The summed E-state index contributed by atoms with van der Waals surface area (Å²) in [5, 5.41) is 5.34. The largest absolute Gasteiger partial charge is 0.355 e. The molecule has 4 nitrogen and oxygen atoms in total. The minimum Gasteiger partial charge on any atom is -0.355 e. The molecule has 0 aromatic rings. The number of likely N-dealkylation sites (N-methyl/N-ethyl adjacent to an activating group) is 1. The lowest BCUT2D eigenvalue weighted by Gasteiger charge is -2.05. The summed E-state index contributed by atoms with van der Waals surface area (Å²) in [7, 11) is 0. The predicted molar refractivity (Wildman–Crippen MR) is 111 cm³/mol. The van der Waals surface area contributed by atoms with Gasteiger partial charge in [-0.3, -0.25) is 9.59 Å². The highest BCUT2D eigenvalue weighted by Gasteiger charge is 2.04. The Kier molecular flexibility index (Phi) is 19.4. The smallest absolute Gasteiger partial charge is 0.239 e. The second-order valence-corrected chi connectivity index (χ2v) is 7.43. The molecule has 0 radical (unpaired) electrons. The first-order chi connectivity index (χ1) is 12.7. The number of carbonyl (C=O) groups is 2. The van der Waals surface area contributed by atoms with Crippen LogP contribution in [0, 0.1) is 0 Å². The lowest BCUT2D eigenvalue weighted by molar-refractivity contribution is -0.126. The lowest BCUT2D eigenvalue weighted by Crippen LogP contribution is -2.36. The van der Waals surface area contributed by atoms with Crippen molar-refractivity contribution in [2.45, 2.75) is 117 Å². The molecule has 0 bridgehead atoms. The van der Waals surface area contributed by atoms with E-state index in [4.69, 9.17) is 0 Å². The molecule has 0 heterocycles. The van der Waals surface area contributed by atoms with Gasteiger partial charge in [0.1, 0.15) is 0 Å². The van der Waals surface area contributed by atoms with Crippen LogP contribution in [0.25, 0.3) is 0 Å². The van der Waals surface area contributed by atoms with Gasteiger partial charge in [-0.15, -0.1) is 0 Å². The van der Waals surface area contributed by atoms with Crippen molar-refractivity contribution in [2.24, 2.45) is 0 Å². The average Bonchev–Trinajstić information content (AvgIpc) is 2.63. The van der Waals surface area contributed by atoms with Gasteiger partial charge in [0.15, 0.2) is 0 Å². The van der Waals surface area contributed by atoms with Gasteiger partial charge >= 0.3 is 0 Å². The molecule has 0 aliphatic carbocycles. The van der Waals surface area contributed by atoms with Crippen molar-refractivity contribution in [2.75, 3.05) is 13.1 Å². The Bertz CT molecular complexity index is 332. The molecule has 0 saturated carbocycles. The van der Waals surface area contributed by atoms with Crippen LogP contribution < -0.4 is 10.6 Å². The molecule has 0 rings (SSSR count).